The minimum absolute atomic E-state index is 0.276. The van der Waals surface area contributed by atoms with Gasteiger partial charge in [-0.1, -0.05) is 41.9 Å². The normalized spacial score (nSPS) is 10.3. The average molecular weight is 477 g/mol. The number of carbonyl (C=O) groups excluding carboxylic acids is 1. The smallest absolute Gasteiger partial charge is 0.340 e. The Morgan fingerprint density at radius 2 is 1.74 bits per heavy atom. The molecule has 9 heteroatoms. The molecule has 31 heavy (non-hydrogen) atoms. The maximum absolute atomic E-state index is 12.3. The van der Waals surface area contributed by atoms with Gasteiger partial charge in [0.2, 0.25) is 0 Å². The van der Waals surface area contributed by atoms with Gasteiger partial charge in [0.05, 0.1) is 37.6 Å². The van der Waals surface area contributed by atoms with E-state index in [1.807, 2.05) is 36.4 Å². The molecule has 0 unspecified atom stereocenters. The Hall–Kier alpha value is -2.81. The van der Waals surface area contributed by atoms with Crippen molar-refractivity contribution in [2.24, 2.45) is 0 Å². The quantitative estimate of drug-likeness (QED) is 0.339. The van der Waals surface area contributed by atoms with Crippen LogP contribution in [-0.2, 0) is 11.2 Å². The number of thiophene rings is 1. The van der Waals surface area contributed by atoms with Crippen LogP contribution in [-0.4, -0.2) is 32.4 Å². The second kappa shape index (κ2) is 10.5. The van der Waals surface area contributed by atoms with Gasteiger partial charge in [0.1, 0.15) is 16.5 Å². The van der Waals surface area contributed by atoms with Crippen molar-refractivity contribution in [2.45, 2.75) is 6.42 Å². The molecule has 0 amide bonds. The van der Waals surface area contributed by atoms with E-state index in [1.54, 1.807) is 12.1 Å². The molecule has 2 aromatic carbocycles. The van der Waals surface area contributed by atoms with Crippen LogP contribution >= 0.6 is 35.2 Å². The highest BCUT2D eigenvalue weighted by Crippen LogP contribution is 2.36. The fourth-order valence-corrected chi connectivity index (χ4v) is 4.50. The molecule has 0 saturated heterocycles. The second-order valence-corrected chi connectivity index (χ2v) is 8.33. The molecule has 2 N–H and O–H groups in total. The van der Waals surface area contributed by atoms with E-state index in [1.165, 1.54) is 32.7 Å². The highest BCUT2D eigenvalue weighted by Gasteiger charge is 2.19. The minimum atomic E-state index is -0.439. The summed E-state index contributed by atoms with van der Waals surface area (Å²) in [6, 6.07) is 15.1. The Morgan fingerprint density at radius 1 is 1.03 bits per heavy atom. The van der Waals surface area contributed by atoms with Crippen LogP contribution in [0.2, 0.25) is 5.02 Å². The van der Waals surface area contributed by atoms with Crippen molar-refractivity contribution < 1.29 is 19.0 Å². The molecule has 0 radical (unpaired) electrons. The molecule has 162 valence electrons. The van der Waals surface area contributed by atoms with Gasteiger partial charge in [0.25, 0.3) is 0 Å². The molecular formula is C22H21ClN2O4S2. The largest absolute Gasteiger partial charge is 0.495 e. The first-order chi connectivity index (χ1) is 14.9. The van der Waals surface area contributed by atoms with E-state index in [2.05, 4.69) is 10.6 Å². The number of methoxy groups -OCH3 is 3. The summed E-state index contributed by atoms with van der Waals surface area (Å²) in [5.41, 5.74) is 2.12. The summed E-state index contributed by atoms with van der Waals surface area (Å²) in [4.78, 5) is 13.3. The van der Waals surface area contributed by atoms with Crippen molar-refractivity contribution in [2.75, 3.05) is 32.0 Å². The number of rotatable bonds is 7. The number of thiocarbonyl (C=S) groups is 1. The van der Waals surface area contributed by atoms with Crippen molar-refractivity contribution in [3.05, 3.63) is 69.6 Å². The summed E-state index contributed by atoms with van der Waals surface area (Å²) in [6.45, 7) is 0. The van der Waals surface area contributed by atoms with Crippen LogP contribution in [0.1, 0.15) is 20.8 Å². The number of hydrogen-bond acceptors (Lipinski definition) is 6. The predicted octanol–water partition coefficient (Wildman–Crippen LogP) is 5.61. The van der Waals surface area contributed by atoms with Crippen molar-refractivity contribution >= 4 is 56.9 Å². The van der Waals surface area contributed by atoms with Crippen molar-refractivity contribution in [1.29, 1.82) is 0 Å². The van der Waals surface area contributed by atoms with Crippen LogP contribution in [0.4, 0.5) is 10.7 Å². The SMILES string of the molecule is COC(=O)c1cc(Cc2ccccc2)sc1NC(=S)Nc1cc(Cl)c(OC)cc1OC. The zero-order chi connectivity index (χ0) is 22.4. The Morgan fingerprint density at radius 3 is 2.39 bits per heavy atom. The molecule has 1 heterocycles. The zero-order valence-electron chi connectivity index (χ0n) is 17.2. The van der Waals surface area contributed by atoms with E-state index >= 15 is 0 Å². The van der Waals surface area contributed by atoms with Gasteiger partial charge in [-0.3, -0.25) is 0 Å². The first-order valence-corrected chi connectivity index (χ1v) is 10.8. The molecule has 0 atom stereocenters. The van der Waals surface area contributed by atoms with Crippen LogP contribution in [0.5, 0.6) is 11.5 Å². The van der Waals surface area contributed by atoms with Crippen LogP contribution < -0.4 is 20.1 Å². The molecule has 3 aromatic rings. The summed E-state index contributed by atoms with van der Waals surface area (Å²) in [7, 11) is 4.41. The van der Waals surface area contributed by atoms with Gasteiger partial charge in [-0.2, -0.15) is 0 Å². The monoisotopic (exact) mass is 476 g/mol. The predicted molar refractivity (Wildman–Crippen MR) is 129 cm³/mol. The van der Waals surface area contributed by atoms with E-state index in [9.17, 15) is 4.79 Å². The van der Waals surface area contributed by atoms with E-state index in [0.29, 0.717) is 39.2 Å². The van der Waals surface area contributed by atoms with Crippen LogP contribution in [0, 0.1) is 0 Å². The zero-order valence-corrected chi connectivity index (χ0v) is 19.5. The lowest BCUT2D eigenvalue weighted by Crippen LogP contribution is -2.20. The van der Waals surface area contributed by atoms with Gasteiger partial charge < -0.3 is 24.8 Å². The van der Waals surface area contributed by atoms with Gasteiger partial charge >= 0.3 is 5.97 Å². The van der Waals surface area contributed by atoms with Gasteiger partial charge in [-0.15, -0.1) is 11.3 Å². The number of carbonyl (C=O) groups is 1. The maximum atomic E-state index is 12.3. The standard InChI is InChI=1S/C22H21ClN2O4S2/c1-27-18-12-19(28-2)17(11-16(18)23)24-22(30)25-20-15(21(26)29-3)10-14(31-20)9-13-7-5-4-6-8-13/h4-8,10-12H,9H2,1-3H3,(H2,24,25,30). The summed E-state index contributed by atoms with van der Waals surface area (Å²) in [5, 5.41) is 7.42. The Kier molecular flexibility index (Phi) is 7.73. The number of hydrogen-bond donors (Lipinski definition) is 2. The van der Waals surface area contributed by atoms with Gasteiger partial charge in [-0.25, -0.2) is 4.79 Å². The summed E-state index contributed by atoms with van der Waals surface area (Å²) in [5.74, 6) is 0.556. The van der Waals surface area contributed by atoms with Gasteiger partial charge in [0.15, 0.2) is 5.11 Å². The lowest BCUT2D eigenvalue weighted by atomic mass is 10.1. The Balaban J connectivity index is 1.82. The molecule has 0 fully saturated rings. The van der Waals surface area contributed by atoms with Crippen LogP contribution in [0.25, 0.3) is 0 Å². The van der Waals surface area contributed by atoms with E-state index in [4.69, 9.17) is 38.0 Å². The van der Waals surface area contributed by atoms with E-state index in [-0.39, 0.29) is 5.11 Å². The molecule has 0 saturated carbocycles. The van der Waals surface area contributed by atoms with E-state index in [0.717, 1.165) is 10.4 Å². The topological polar surface area (TPSA) is 68.8 Å². The lowest BCUT2D eigenvalue weighted by Gasteiger charge is -2.15. The Bertz CT molecular complexity index is 1090. The number of halogens is 1. The van der Waals surface area contributed by atoms with Crippen molar-refractivity contribution in [1.82, 2.24) is 0 Å². The second-order valence-electron chi connectivity index (χ2n) is 6.38. The summed E-state index contributed by atoms with van der Waals surface area (Å²) >= 11 is 13.1. The molecule has 0 aliphatic rings. The Labute approximate surface area is 195 Å². The lowest BCUT2D eigenvalue weighted by molar-refractivity contribution is 0.0602. The molecule has 0 aliphatic carbocycles. The number of benzene rings is 2. The summed E-state index contributed by atoms with van der Waals surface area (Å²) in [6.07, 6.45) is 0.694. The average Bonchev–Trinajstić information content (AvgIpc) is 3.15. The molecular weight excluding hydrogens is 456 g/mol. The van der Waals surface area contributed by atoms with Crippen LogP contribution in [0.15, 0.2) is 48.5 Å². The minimum Gasteiger partial charge on any atom is -0.495 e. The fourth-order valence-electron chi connectivity index (χ4n) is 2.90. The number of anilines is 2. The molecule has 1 aromatic heterocycles. The molecule has 6 nitrogen and oxygen atoms in total. The molecule has 0 aliphatic heterocycles. The van der Waals surface area contributed by atoms with Crippen LogP contribution in [0.3, 0.4) is 0 Å². The molecule has 0 spiro atoms. The highest BCUT2D eigenvalue weighted by molar-refractivity contribution is 7.80. The van der Waals surface area contributed by atoms with Crippen molar-refractivity contribution in [3.8, 4) is 11.5 Å². The molecule has 3 rings (SSSR count). The number of nitrogens with one attached hydrogen (secondary N) is 2. The third-order valence-corrected chi connectivity index (χ3v) is 5.91. The third kappa shape index (κ3) is 5.66. The number of ether oxygens (including phenoxy) is 3. The van der Waals surface area contributed by atoms with Crippen molar-refractivity contribution in [3.63, 3.8) is 0 Å². The molecule has 0 bridgehead atoms. The number of esters is 1. The first kappa shape index (κ1) is 22.9. The fraction of sp³-hybridized carbons (Fsp3) is 0.182. The van der Waals surface area contributed by atoms with Gasteiger partial charge in [-0.05, 0) is 29.9 Å². The van der Waals surface area contributed by atoms with Gasteiger partial charge in [0, 0.05) is 17.4 Å². The van der Waals surface area contributed by atoms with E-state index < -0.39 is 5.97 Å². The first-order valence-electron chi connectivity index (χ1n) is 9.19. The maximum Gasteiger partial charge on any atom is 0.340 e. The third-order valence-electron chi connectivity index (χ3n) is 4.36. The summed E-state index contributed by atoms with van der Waals surface area (Å²) < 4.78 is 15.5. The highest BCUT2D eigenvalue weighted by atomic mass is 35.5.